The number of aryl methyl sites for hydroxylation is 1. The summed E-state index contributed by atoms with van der Waals surface area (Å²) in [4.78, 5) is 15.6. The van der Waals surface area contributed by atoms with Gasteiger partial charge in [0.25, 0.3) is 0 Å². The summed E-state index contributed by atoms with van der Waals surface area (Å²) in [6, 6.07) is 8.36. The highest BCUT2D eigenvalue weighted by Crippen LogP contribution is 2.23. The van der Waals surface area contributed by atoms with Gasteiger partial charge in [0.2, 0.25) is 0 Å². The van der Waals surface area contributed by atoms with Crippen LogP contribution >= 0.6 is 11.3 Å². The number of thiophene rings is 1. The van der Waals surface area contributed by atoms with Crippen molar-refractivity contribution in [2.45, 2.75) is 6.92 Å². The molecule has 0 spiro atoms. The van der Waals surface area contributed by atoms with Crippen LogP contribution < -0.4 is 5.69 Å². The summed E-state index contributed by atoms with van der Waals surface area (Å²) >= 11 is 1.46. The molecule has 86 valence electrons. The predicted molar refractivity (Wildman–Crippen MR) is 66.5 cm³/mol. The highest BCUT2D eigenvalue weighted by Gasteiger charge is 2.13. The number of para-hydroxylation sites is 1. The summed E-state index contributed by atoms with van der Waals surface area (Å²) in [6.07, 6.45) is 0. The molecule has 0 atom stereocenters. The summed E-state index contributed by atoms with van der Waals surface area (Å²) in [6.45, 7) is 1.95. The van der Waals surface area contributed by atoms with Gasteiger partial charge in [-0.2, -0.15) is 0 Å². The Labute approximate surface area is 100 Å². The molecular formula is C12H9FN2OS. The highest BCUT2D eigenvalue weighted by molar-refractivity contribution is 7.14. The second-order valence-electron chi connectivity index (χ2n) is 3.79. The highest BCUT2D eigenvalue weighted by atomic mass is 32.1. The topological polar surface area (TPSA) is 37.8 Å². The molecule has 2 aromatic heterocycles. The van der Waals surface area contributed by atoms with Crippen LogP contribution in [-0.4, -0.2) is 9.55 Å². The molecule has 0 aliphatic rings. The molecule has 0 aliphatic carbocycles. The van der Waals surface area contributed by atoms with Crippen molar-refractivity contribution in [3.05, 3.63) is 51.5 Å². The Balaban J connectivity index is 2.43. The second-order valence-corrected chi connectivity index (χ2v) is 5.05. The number of benzene rings is 1. The summed E-state index contributed by atoms with van der Waals surface area (Å²) < 4.78 is 15.2. The molecule has 1 aromatic carbocycles. The van der Waals surface area contributed by atoms with E-state index in [9.17, 15) is 9.18 Å². The van der Waals surface area contributed by atoms with Gasteiger partial charge < -0.3 is 4.98 Å². The van der Waals surface area contributed by atoms with E-state index < -0.39 is 5.82 Å². The number of nitrogens with zero attached hydrogens (tertiary/aromatic N) is 1. The van der Waals surface area contributed by atoms with Crippen molar-refractivity contribution in [3.63, 3.8) is 0 Å². The Kier molecular flexibility index (Phi) is 2.16. The van der Waals surface area contributed by atoms with Gasteiger partial charge in [0.1, 0.15) is 16.3 Å². The Bertz CT molecular complexity index is 753. The number of aromatic nitrogens is 2. The number of halogens is 1. The first-order valence-corrected chi connectivity index (χ1v) is 5.94. The number of rotatable bonds is 1. The van der Waals surface area contributed by atoms with Crippen LogP contribution in [-0.2, 0) is 0 Å². The summed E-state index contributed by atoms with van der Waals surface area (Å²) in [5.41, 5.74) is 0.507. The van der Waals surface area contributed by atoms with Gasteiger partial charge in [0.05, 0.1) is 5.52 Å². The fraction of sp³-hybridized carbons (Fsp3) is 0.0833. The molecule has 3 aromatic rings. The van der Waals surface area contributed by atoms with Gasteiger partial charge >= 0.3 is 5.69 Å². The summed E-state index contributed by atoms with van der Waals surface area (Å²) in [5, 5.41) is 0.726. The zero-order valence-corrected chi connectivity index (χ0v) is 9.84. The standard InChI is InChI=1S/C12H9FN2OS/c1-7-5-6-10(17-7)15-11-8(13)3-2-4-9(11)14-12(15)16/h2-6H,1H3,(H,14,16). The predicted octanol–water partition coefficient (Wildman–Crippen LogP) is 2.83. The van der Waals surface area contributed by atoms with Crippen molar-refractivity contribution >= 4 is 22.4 Å². The maximum absolute atomic E-state index is 13.8. The lowest BCUT2D eigenvalue weighted by Gasteiger charge is -1.99. The van der Waals surface area contributed by atoms with E-state index in [2.05, 4.69) is 4.98 Å². The van der Waals surface area contributed by atoms with Gasteiger partial charge in [0, 0.05) is 4.88 Å². The third kappa shape index (κ3) is 1.51. The van der Waals surface area contributed by atoms with Crippen LogP contribution in [0.15, 0.2) is 35.1 Å². The first-order chi connectivity index (χ1) is 8.16. The molecule has 0 saturated heterocycles. The second kappa shape index (κ2) is 3.56. The normalized spacial score (nSPS) is 11.2. The number of hydrogen-bond acceptors (Lipinski definition) is 2. The zero-order chi connectivity index (χ0) is 12.0. The SMILES string of the molecule is Cc1ccc(-n2c(=O)[nH]c3cccc(F)c32)s1. The lowest BCUT2D eigenvalue weighted by atomic mass is 10.3. The number of H-pyrrole nitrogens is 1. The van der Waals surface area contributed by atoms with Crippen LogP contribution in [0.1, 0.15) is 4.88 Å². The summed E-state index contributed by atoms with van der Waals surface area (Å²) in [5.74, 6) is -0.396. The van der Waals surface area contributed by atoms with Gasteiger partial charge in [-0.1, -0.05) is 6.07 Å². The fourth-order valence-corrected chi connectivity index (χ4v) is 2.74. The van der Waals surface area contributed by atoms with E-state index in [0.717, 1.165) is 9.88 Å². The lowest BCUT2D eigenvalue weighted by molar-refractivity contribution is 0.634. The molecule has 0 saturated carbocycles. The van der Waals surface area contributed by atoms with Crippen LogP contribution in [0.2, 0.25) is 0 Å². The molecule has 3 rings (SSSR count). The molecule has 17 heavy (non-hydrogen) atoms. The van der Waals surface area contributed by atoms with Crippen molar-refractivity contribution in [3.8, 4) is 5.00 Å². The van der Waals surface area contributed by atoms with E-state index in [1.54, 1.807) is 12.1 Å². The quantitative estimate of drug-likeness (QED) is 0.706. The fourth-order valence-electron chi connectivity index (χ4n) is 1.87. The maximum atomic E-state index is 13.8. The molecule has 0 amide bonds. The molecule has 3 nitrogen and oxygen atoms in total. The Morgan fingerprint density at radius 3 is 2.82 bits per heavy atom. The first kappa shape index (κ1) is 10.3. The van der Waals surface area contributed by atoms with E-state index in [-0.39, 0.29) is 5.69 Å². The van der Waals surface area contributed by atoms with Crippen molar-refractivity contribution in [1.29, 1.82) is 0 Å². The average molecular weight is 248 g/mol. The molecular weight excluding hydrogens is 239 g/mol. The van der Waals surface area contributed by atoms with Crippen LogP contribution in [0.4, 0.5) is 4.39 Å². The minimum atomic E-state index is -0.396. The largest absolute Gasteiger partial charge is 0.331 e. The number of nitrogens with one attached hydrogen (secondary N) is 1. The molecule has 0 bridgehead atoms. The Morgan fingerprint density at radius 2 is 2.12 bits per heavy atom. The number of aromatic amines is 1. The average Bonchev–Trinajstić information content (AvgIpc) is 2.82. The van der Waals surface area contributed by atoms with Crippen molar-refractivity contribution in [2.75, 3.05) is 0 Å². The molecule has 2 heterocycles. The molecule has 0 unspecified atom stereocenters. The molecule has 5 heteroatoms. The summed E-state index contributed by atoms with van der Waals surface area (Å²) in [7, 11) is 0. The zero-order valence-electron chi connectivity index (χ0n) is 9.03. The van der Waals surface area contributed by atoms with Crippen LogP contribution in [0, 0.1) is 12.7 Å². The maximum Gasteiger partial charge on any atom is 0.331 e. The van der Waals surface area contributed by atoms with Gasteiger partial charge in [-0.3, -0.25) is 0 Å². The molecule has 0 aliphatic heterocycles. The van der Waals surface area contributed by atoms with E-state index in [1.165, 1.54) is 22.0 Å². The monoisotopic (exact) mass is 248 g/mol. The molecule has 0 fully saturated rings. The van der Waals surface area contributed by atoms with Gasteiger partial charge in [0.15, 0.2) is 0 Å². The van der Waals surface area contributed by atoms with Gasteiger partial charge in [-0.25, -0.2) is 13.8 Å². The number of hydrogen-bond donors (Lipinski definition) is 1. The van der Waals surface area contributed by atoms with Crippen molar-refractivity contribution in [1.82, 2.24) is 9.55 Å². The van der Waals surface area contributed by atoms with E-state index >= 15 is 0 Å². The van der Waals surface area contributed by atoms with E-state index in [0.29, 0.717) is 11.0 Å². The number of fused-ring (bicyclic) bond motifs is 1. The van der Waals surface area contributed by atoms with Crippen LogP contribution in [0.25, 0.3) is 16.0 Å². The van der Waals surface area contributed by atoms with Crippen LogP contribution in [0.3, 0.4) is 0 Å². The third-order valence-corrected chi connectivity index (χ3v) is 3.59. The first-order valence-electron chi connectivity index (χ1n) is 5.13. The van der Waals surface area contributed by atoms with E-state index in [4.69, 9.17) is 0 Å². The molecule has 0 radical (unpaired) electrons. The van der Waals surface area contributed by atoms with Gasteiger partial charge in [-0.15, -0.1) is 11.3 Å². The van der Waals surface area contributed by atoms with Crippen molar-refractivity contribution in [2.24, 2.45) is 0 Å². The minimum Gasteiger partial charge on any atom is -0.305 e. The van der Waals surface area contributed by atoms with Crippen molar-refractivity contribution < 1.29 is 4.39 Å². The Morgan fingerprint density at radius 1 is 1.29 bits per heavy atom. The smallest absolute Gasteiger partial charge is 0.305 e. The minimum absolute atomic E-state index is 0.305. The lowest BCUT2D eigenvalue weighted by Crippen LogP contribution is -2.13. The number of imidazole rings is 1. The van der Waals surface area contributed by atoms with Crippen LogP contribution in [0.5, 0.6) is 0 Å². The third-order valence-electron chi connectivity index (χ3n) is 2.60. The molecule has 1 N–H and O–H groups in total. The van der Waals surface area contributed by atoms with Gasteiger partial charge in [-0.05, 0) is 31.2 Å². The van der Waals surface area contributed by atoms with E-state index in [1.807, 2.05) is 19.1 Å². The Hall–Kier alpha value is -1.88.